The fourth-order valence-corrected chi connectivity index (χ4v) is 3.46. The zero-order chi connectivity index (χ0) is 24.9. The van der Waals surface area contributed by atoms with Crippen molar-refractivity contribution in [2.24, 2.45) is 0 Å². The highest BCUT2D eigenvalue weighted by atomic mass is 35.5. The molecule has 0 aliphatic heterocycles. The van der Waals surface area contributed by atoms with Crippen LogP contribution >= 0.6 is 11.6 Å². The quantitative estimate of drug-likeness (QED) is 0.414. The van der Waals surface area contributed by atoms with E-state index in [9.17, 15) is 18.0 Å². The average molecular weight is 495 g/mol. The average Bonchev–Trinajstić information content (AvgIpc) is 2.76. The maximum Gasteiger partial charge on any atom is 0.418 e. The molecule has 2 aromatic carbocycles. The zero-order valence-electron chi connectivity index (χ0n) is 19.1. The highest BCUT2D eigenvalue weighted by Gasteiger charge is 2.34. The van der Waals surface area contributed by atoms with Crippen molar-refractivity contribution in [2.75, 3.05) is 44.9 Å². The third-order valence-corrected chi connectivity index (χ3v) is 5.21. The Labute approximate surface area is 200 Å². The summed E-state index contributed by atoms with van der Waals surface area (Å²) in [6, 6.07) is 9.94. The van der Waals surface area contributed by atoms with Crippen LogP contribution < -0.4 is 10.6 Å². The maximum absolute atomic E-state index is 13.3. The first-order valence-electron chi connectivity index (χ1n) is 10.6. The smallest absolute Gasteiger partial charge is 0.369 e. The van der Waals surface area contributed by atoms with Crippen LogP contribution in [0.3, 0.4) is 0 Å². The number of carbonyl (C=O) groups is 1. The maximum atomic E-state index is 13.3. The first kappa shape index (κ1) is 25.5. The molecule has 0 aliphatic rings. The number of alkyl halides is 3. The van der Waals surface area contributed by atoms with Crippen LogP contribution in [0.2, 0.25) is 5.02 Å². The van der Waals surface area contributed by atoms with Crippen LogP contribution in [0.4, 0.5) is 29.5 Å². The van der Waals surface area contributed by atoms with Gasteiger partial charge in [0.25, 0.3) is 0 Å². The molecule has 3 rings (SSSR count). The highest BCUT2D eigenvalue weighted by Crippen LogP contribution is 2.36. The molecule has 3 aromatic rings. The lowest BCUT2D eigenvalue weighted by atomic mass is 10.1. The first-order chi connectivity index (χ1) is 16.0. The molecule has 0 bridgehead atoms. The van der Waals surface area contributed by atoms with Crippen LogP contribution in [0, 0.1) is 0 Å². The third kappa shape index (κ3) is 6.71. The first-order valence-corrected chi connectivity index (χ1v) is 11.0. The summed E-state index contributed by atoms with van der Waals surface area (Å²) in [5.41, 5.74) is -0.696. The predicted molar refractivity (Wildman–Crippen MR) is 128 cm³/mol. The van der Waals surface area contributed by atoms with E-state index >= 15 is 0 Å². The number of nitrogens with zero attached hydrogens (tertiary/aromatic N) is 4. The van der Waals surface area contributed by atoms with Crippen LogP contribution in [0.15, 0.2) is 42.5 Å². The van der Waals surface area contributed by atoms with Crippen molar-refractivity contribution >= 4 is 40.0 Å². The van der Waals surface area contributed by atoms with Crippen molar-refractivity contribution < 1.29 is 18.0 Å². The zero-order valence-corrected chi connectivity index (χ0v) is 19.8. The molecular formula is C23H26ClF3N6O. The fraction of sp³-hybridized carbons (Fsp3) is 0.348. The molecular weight excluding hydrogens is 469 g/mol. The molecule has 0 radical (unpaired) electrons. The Hall–Kier alpha value is -3.11. The second kappa shape index (κ2) is 10.9. The number of urea groups is 1. The molecule has 182 valence electrons. The van der Waals surface area contributed by atoms with Gasteiger partial charge in [0.1, 0.15) is 5.82 Å². The van der Waals surface area contributed by atoms with Crippen LogP contribution in [0.25, 0.3) is 10.9 Å². The minimum Gasteiger partial charge on any atom is -0.369 e. The second-order valence-electron chi connectivity index (χ2n) is 8.06. The predicted octanol–water partition coefficient (Wildman–Crippen LogP) is 5.33. The molecule has 34 heavy (non-hydrogen) atoms. The lowest BCUT2D eigenvalue weighted by Crippen LogP contribution is -2.32. The highest BCUT2D eigenvalue weighted by molar-refractivity contribution is 6.30. The molecule has 2 amide bonds. The largest absolute Gasteiger partial charge is 0.418 e. The van der Waals surface area contributed by atoms with E-state index in [2.05, 4.69) is 25.5 Å². The van der Waals surface area contributed by atoms with Crippen LogP contribution in [-0.2, 0) is 12.7 Å². The standard InChI is InChI=1S/C23H26ClF3N6O/c1-32(2)12-6-11-28-21-16-7-4-5-8-18(16)29-20(31-21)14-33(3)22(34)30-19-10-9-15(24)13-17(19)23(25,26)27/h4-5,7-10,13H,6,11-12,14H2,1-3H3,(H,30,34)(H,28,29,31). The van der Waals surface area contributed by atoms with Gasteiger partial charge in [-0.25, -0.2) is 14.8 Å². The molecule has 0 atom stereocenters. The molecule has 0 saturated heterocycles. The summed E-state index contributed by atoms with van der Waals surface area (Å²) >= 11 is 5.70. The Balaban J connectivity index is 1.76. The van der Waals surface area contributed by atoms with E-state index in [1.165, 1.54) is 18.0 Å². The summed E-state index contributed by atoms with van der Waals surface area (Å²) < 4.78 is 40.0. The summed E-state index contributed by atoms with van der Waals surface area (Å²) in [5, 5.41) is 6.39. The number of para-hydroxylation sites is 1. The topological polar surface area (TPSA) is 73.4 Å². The second-order valence-corrected chi connectivity index (χ2v) is 8.50. The van der Waals surface area contributed by atoms with E-state index in [0.717, 1.165) is 30.5 Å². The van der Waals surface area contributed by atoms with E-state index in [1.807, 2.05) is 38.4 Å². The Morgan fingerprint density at radius 2 is 1.82 bits per heavy atom. The molecule has 0 saturated carbocycles. The summed E-state index contributed by atoms with van der Waals surface area (Å²) in [6.07, 6.45) is -3.76. The van der Waals surface area contributed by atoms with Gasteiger partial charge in [0.15, 0.2) is 5.82 Å². The van der Waals surface area contributed by atoms with Crippen molar-refractivity contribution in [3.05, 3.63) is 58.9 Å². The SMILES string of the molecule is CN(C)CCCNc1nc(CN(C)C(=O)Nc2ccc(Cl)cc2C(F)(F)F)nc2ccccc12. The van der Waals surface area contributed by atoms with Gasteiger partial charge in [0.2, 0.25) is 0 Å². The number of nitrogens with one attached hydrogen (secondary N) is 2. The number of benzene rings is 2. The van der Waals surface area contributed by atoms with Crippen molar-refractivity contribution in [1.82, 2.24) is 19.8 Å². The lowest BCUT2D eigenvalue weighted by molar-refractivity contribution is -0.136. The molecule has 11 heteroatoms. The number of rotatable bonds is 8. The van der Waals surface area contributed by atoms with Gasteiger partial charge in [-0.3, -0.25) is 0 Å². The monoisotopic (exact) mass is 494 g/mol. The van der Waals surface area contributed by atoms with Gasteiger partial charge in [0.05, 0.1) is 23.3 Å². The van der Waals surface area contributed by atoms with E-state index in [0.29, 0.717) is 23.7 Å². The van der Waals surface area contributed by atoms with E-state index in [4.69, 9.17) is 11.6 Å². The third-order valence-electron chi connectivity index (χ3n) is 4.98. The molecule has 7 nitrogen and oxygen atoms in total. The molecule has 1 heterocycles. The van der Waals surface area contributed by atoms with Gasteiger partial charge in [0, 0.05) is 24.0 Å². The van der Waals surface area contributed by atoms with Crippen molar-refractivity contribution in [2.45, 2.75) is 19.1 Å². The minimum atomic E-state index is -4.67. The molecule has 0 fully saturated rings. The van der Waals surface area contributed by atoms with Gasteiger partial charge in [-0.2, -0.15) is 13.2 Å². The van der Waals surface area contributed by atoms with Crippen LogP contribution in [0.1, 0.15) is 17.8 Å². The number of hydrogen-bond acceptors (Lipinski definition) is 5. The molecule has 0 unspecified atom stereocenters. The Kier molecular flexibility index (Phi) is 8.16. The number of carbonyl (C=O) groups excluding carboxylic acids is 1. The Bertz CT molecular complexity index is 1160. The van der Waals surface area contributed by atoms with Gasteiger partial charge in [-0.15, -0.1) is 0 Å². The van der Waals surface area contributed by atoms with Crippen molar-refractivity contribution in [3.63, 3.8) is 0 Å². The fourth-order valence-electron chi connectivity index (χ4n) is 3.29. The van der Waals surface area contributed by atoms with E-state index in [-0.39, 0.29) is 17.3 Å². The Morgan fingerprint density at radius 1 is 1.09 bits per heavy atom. The number of fused-ring (bicyclic) bond motifs is 1. The van der Waals surface area contributed by atoms with E-state index < -0.39 is 17.8 Å². The minimum absolute atomic E-state index is 0.00200. The van der Waals surface area contributed by atoms with E-state index in [1.54, 1.807) is 0 Å². The number of hydrogen-bond donors (Lipinski definition) is 2. The summed E-state index contributed by atoms with van der Waals surface area (Å²) in [5.74, 6) is 1.00. The van der Waals surface area contributed by atoms with Gasteiger partial charge in [-0.1, -0.05) is 23.7 Å². The van der Waals surface area contributed by atoms with Gasteiger partial charge in [-0.05, 0) is 57.4 Å². The number of halogens is 4. The van der Waals surface area contributed by atoms with Crippen molar-refractivity contribution in [3.8, 4) is 0 Å². The number of anilines is 2. The summed E-state index contributed by atoms with van der Waals surface area (Å²) in [6.45, 7) is 1.61. The van der Waals surface area contributed by atoms with Crippen LogP contribution in [0.5, 0.6) is 0 Å². The Morgan fingerprint density at radius 3 is 2.53 bits per heavy atom. The lowest BCUT2D eigenvalue weighted by Gasteiger charge is -2.20. The van der Waals surface area contributed by atoms with Crippen molar-refractivity contribution in [1.29, 1.82) is 0 Å². The molecule has 0 aliphatic carbocycles. The molecule has 2 N–H and O–H groups in total. The molecule has 0 spiro atoms. The molecule has 1 aromatic heterocycles. The van der Waals surface area contributed by atoms with Gasteiger partial charge < -0.3 is 20.4 Å². The van der Waals surface area contributed by atoms with Crippen LogP contribution in [-0.4, -0.2) is 60.0 Å². The number of aromatic nitrogens is 2. The van der Waals surface area contributed by atoms with Gasteiger partial charge >= 0.3 is 12.2 Å². The number of amides is 2. The normalized spacial score (nSPS) is 11.6. The summed E-state index contributed by atoms with van der Waals surface area (Å²) in [7, 11) is 5.46. The summed E-state index contributed by atoms with van der Waals surface area (Å²) in [4.78, 5) is 25.0.